The smallest absolute Gasteiger partial charge is 0.149 e. The Hall–Kier alpha value is -0.570. The highest BCUT2D eigenvalue weighted by atomic mass is 35.5. The summed E-state index contributed by atoms with van der Waals surface area (Å²) in [4.78, 5) is 11.8. The second kappa shape index (κ2) is 7.13. The fraction of sp³-hybridized carbons (Fsp3) is 0.500. The number of aryl methyl sites for hydroxylation is 1. The van der Waals surface area contributed by atoms with Gasteiger partial charge in [0.2, 0.25) is 0 Å². The quantitative estimate of drug-likeness (QED) is 0.863. The van der Waals surface area contributed by atoms with E-state index in [1.54, 1.807) is 12.1 Å². The first kappa shape index (κ1) is 15.5. The molecule has 0 aliphatic heterocycles. The summed E-state index contributed by atoms with van der Waals surface area (Å²) < 4.78 is 0. The van der Waals surface area contributed by atoms with Crippen molar-refractivity contribution in [3.63, 3.8) is 0 Å². The molecule has 0 fully saturated rings. The molecule has 0 aliphatic rings. The second-order valence-electron chi connectivity index (χ2n) is 4.95. The number of ketones is 1. The van der Waals surface area contributed by atoms with Crippen molar-refractivity contribution >= 4 is 29.0 Å². The Morgan fingerprint density at radius 2 is 1.94 bits per heavy atom. The van der Waals surface area contributed by atoms with Gasteiger partial charge in [0.25, 0.3) is 0 Å². The summed E-state index contributed by atoms with van der Waals surface area (Å²) in [6.45, 7) is 4.12. The van der Waals surface area contributed by atoms with Crippen LogP contribution in [0.3, 0.4) is 0 Å². The average molecular weight is 288 g/mol. The molecule has 0 saturated heterocycles. The Labute approximate surface area is 118 Å². The molecule has 4 heteroatoms. The third kappa shape index (κ3) is 4.97. The lowest BCUT2D eigenvalue weighted by molar-refractivity contribution is -0.120. The molecule has 0 unspecified atom stereocenters. The summed E-state index contributed by atoms with van der Waals surface area (Å²) >= 11 is 11.8. The fourth-order valence-electron chi connectivity index (χ4n) is 1.79. The third-order valence-corrected chi connectivity index (χ3v) is 3.52. The number of carbonyl (C=O) groups excluding carboxylic acids is 1. The largest absolute Gasteiger partial charge is 0.322 e. The van der Waals surface area contributed by atoms with Gasteiger partial charge in [-0.25, -0.2) is 0 Å². The van der Waals surface area contributed by atoms with Crippen molar-refractivity contribution in [3.8, 4) is 0 Å². The molecule has 100 valence electrons. The lowest BCUT2D eigenvalue weighted by atomic mass is 9.97. The van der Waals surface area contributed by atoms with Gasteiger partial charge in [0.15, 0.2) is 0 Å². The molecule has 1 aromatic rings. The number of halogens is 2. The maximum Gasteiger partial charge on any atom is 0.149 e. The zero-order chi connectivity index (χ0) is 13.7. The monoisotopic (exact) mass is 287 g/mol. The van der Waals surface area contributed by atoms with Gasteiger partial charge in [-0.2, -0.15) is 0 Å². The van der Waals surface area contributed by atoms with Crippen LogP contribution in [0.2, 0.25) is 10.0 Å². The number of benzene rings is 1. The molecule has 1 rings (SSSR count). The van der Waals surface area contributed by atoms with Gasteiger partial charge >= 0.3 is 0 Å². The van der Waals surface area contributed by atoms with E-state index < -0.39 is 0 Å². The predicted octanol–water partition coefficient (Wildman–Crippen LogP) is 3.87. The van der Waals surface area contributed by atoms with Gasteiger partial charge < -0.3 is 5.73 Å². The molecule has 0 amide bonds. The average Bonchev–Trinajstić information content (AvgIpc) is 2.29. The van der Waals surface area contributed by atoms with Crippen molar-refractivity contribution in [3.05, 3.63) is 33.8 Å². The van der Waals surface area contributed by atoms with Gasteiger partial charge in [0.05, 0.1) is 16.1 Å². The SMILES string of the molecule is CC(C)C[C@@H](N)C(=O)CCc1ccc(Cl)c(Cl)c1. The molecule has 18 heavy (non-hydrogen) atoms. The van der Waals surface area contributed by atoms with Crippen LogP contribution < -0.4 is 5.73 Å². The first-order chi connectivity index (χ1) is 8.40. The van der Waals surface area contributed by atoms with Crippen molar-refractivity contribution in [1.82, 2.24) is 0 Å². The van der Waals surface area contributed by atoms with Gasteiger partial charge in [-0.15, -0.1) is 0 Å². The van der Waals surface area contributed by atoms with Crippen molar-refractivity contribution in [1.29, 1.82) is 0 Å². The van der Waals surface area contributed by atoms with Crippen LogP contribution in [0.4, 0.5) is 0 Å². The molecule has 1 aromatic carbocycles. The molecule has 0 heterocycles. The number of hydrogen-bond acceptors (Lipinski definition) is 2. The number of hydrogen-bond donors (Lipinski definition) is 1. The van der Waals surface area contributed by atoms with Gasteiger partial charge in [-0.3, -0.25) is 4.79 Å². The summed E-state index contributed by atoms with van der Waals surface area (Å²) in [5.74, 6) is 0.545. The maximum absolute atomic E-state index is 11.8. The Morgan fingerprint density at radius 3 is 2.50 bits per heavy atom. The van der Waals surface area contributed by atoms with Crippen LogP contribution >= 0.6 is 23.2 Å². The van der Waals surface area contributed by atoms with Gasteiger partial charge in [0.1, 0.15) is 5.78 Å². The van der Waals surface area contributed by atoms with Crippen LogP contribution in [0.1, 0.15) is 32.3 Å². The molecule has 0 radical (unpaired) electrons. The predicted molar refractivity (Wildman–Crippen MR) is 77.2 cm³/mol. The van der Waals surface area contributed by atoms with Crippen molar-refractivity contribution in [2.45, 2.75) is 39.2 Å². The summed E-state index contributed by atoms with van der Waals surface area (Å²) in [6.07, 6.45) is 1.84. The highest BCUT2D eigenvalue weighted by Crippen LogP contribution is 2.23. The minimum Gasteiger partial charge on any atom is -0.322 e. The van der Waals surface area contributed by atoms with E-state index in [-0.39, 0.29) is 11.8 Å². The summed E-state index contributed by atoms with van der Waals surface area (Å²) in [6, 6.07) is 5.07. The van der Waals surface area contributed by atoms with Crippen molar-refractivity contribution in [2.24, 2.45) is 11.7 Å². The summed E-state index contributed by atoms with van der Waals surface area (Å²) in [7, 11) is 0. The summed E-state index contributed by atoms with van der Waals surface area (Å²) in [5, 5.41) is 1.05. The molecular formula is C14H19Cl2NO. The van der Waals surface area contributed by atoms with E-state index in [9.17, 15) is 4.79 Å². The van der Waals surface area contributed by atoms with E-state index in [2.05, 4.69) is 13.8 Å². The minimum absolute atomic E-state index is 0.106. The van der Waals surface area contributed by atoms with Crippen LogP contribution in [0.25, 0.3) is 0 Å². The zero-order valence-electron chi connectivity index (χ0n) is 10.7. The van der Waals surface area contributed by atoms with Crippen molar-refractivity contribution < 1.29 is 4.79 Å². The van der Waals surface area contributed by atoms with Gasteiger partial charge in [0, 0.05) is 6.42 Å². The molecule has 0 aliphatic carbocycles. The number of Topliss-reactive ketones (excluding diaryl/α,β-unsaturated/α-hetero) is 1. The lowest BCUT2D eigenvalue weighted by Gasteiger charge is -2.12. The summed E-state index contributed by atoms with van der Waals surface area (Å²) in [5.41, 5.74) is 6.85. The Balaban J connectivity index is 2.49. The van der Waals surface area contributed by atoms with Gasteiger partial charge in [-0.1, -0.05) is 43.1 Å². The molecule has 2 N–H and O–H groups in total. The van der Waals surface area contributed by atoms with E-state index in [1.165, 1.54) is 0 Å². The van der Waals surface area contributed by atoms with E-state index >= 15 is 0 Å². The second-order valence-corrected chi connectivity index (χ2v) is 5.77. The normalized spacial score (nSPS) is 12.8. The maximum atomic E-state index is 11.8. The topological polar surface area (TPSA) is 43.1 Å². The van der Waals surface area contributed by atoms with Crippen LogP contribution in [0.15, 0.2) is 18.2 Å². The zero-order valence-corrected chi connectivity index (χ0v) is 12.3. The van der Waals surface area contributed by atoms with Crippen LogP contribution in [0, 0.1) is 5.92 Å². The van der Waals surface area contributed by atoms with E-state index in [4.69, 9.17) is 28.9 Å². The van der Waals surface area contributed by atoms with Crippen LogP contribution in [-0.2, 0) is 11.2 Å². The molecule has 0 aromatic heterocycles. The first-order valence-electron chi connectivity index (χ1n) is 6.12. The van der Waals surface area contributed by atoms with Gasteiger partial charge in [-0.05, 0) is 36.5 Å². The van der Waals surface area contributed by atoms with Crippen molar-refractivity contribution in [2.75, 3.05) is 0 Å². The molecule has 0 spiro atoms. The highest BCUT2D eigenvalue weighted by Gasteiger charge is 2.14. The van der Waals surface area contributed by atoms with E-state index in [1.807, 2.05) is 6.07 Å². The number of nitrogens with two attached hydrogens (primary N) is 1. The Kier molecular flexibility index (Phi) is 6.13. The minimum atomic E-state index is -0.354. The third-order valence-electron chi connectivity index (χ3n) is 2.78. The molecule has 0 bridgehead atoms. The van der Waals surface area contributed by atoms with Crippen LogP contribution in [0.5, 0.6) is 0 Å². The molecular weight excluding hydrogens is 269 g/mol. The Morgan fingerprint density at radius 1 is 1.28 bits per heavy atom. The van der Waals surface area contributed by atoms with Crippen LogP contribution in [-0.4, -0.2) is 11.8 Å². The molecule has 2 nitrogen and oxygen atoms in total. The first-order valence-corrected chi connectivity index (χ1v) is 6.88. The molecule has 1 atom stereocenters. The Bertz CT molecular complexity index is 418. The van der Waals surface area contributed by atoms with E-state index in [0.29, 0.717) is 28.8 Å². The number of rotatable bonds is 6. The van der Waals surface area contributed by atoms with E-state index in [0.717, 1.165) is 12.0 Å². The molecule has 0 saturated carbocycles. The highest BCUT2D eigenvalue weighted by molar-refractivity contribution is 6.42. The fourth-order valence-corrected chi connectivity index (χ4v) is 2.11. The standard InChI is InChI=1S/C14H19Cl2NO/c1-9(2)7-13(17)14(18)6-4-10-3-5-11(15)12(16)8-10/h3,5,8-9,13H,4,6-7,17H2,1-2H3/t13-/m1/s1. The number of carbonyl (C=O) groups is 1. The lowest BCUT2D eigenvalue weighted by Crippen LogP contribution is -2.32.